The van der Waals surface area contributed by atoms with Gasteiger partial charge in [-0.15, -0.1) is 0 Å². The van der Waals surface area contributed by atoms with E-state index in [-0.39, 0.29) is 5.91 Å². The third-order valence-electron chi connectivity index (χ3n) is 3.30. The Hall–Kier alpha value is -2.49. The number of carbonyl (C=O) groups excluding carboxylic acids is 1. The van der Waals surface area contributed by atoms with Gasteiger partial charge in [0.05, 0.1) is 0 Å². The van der Waals surface area contributed by atoms with E-state index in [1.165, 1.54) is 11.1 Å². The van der Waals surface area contributed by atoms with E-state index in [0.29, 0.717) is 24.5 Å². The van der Waals surface area contributed by atoms with Gasteiger partial charge in [-0.05, 0) is 55.3 Å². The summed E-state index contributed by atoms with van der Waals surface area (Å²) in [5.74, 6) is 1.48. The summed E-state index contributed by atoms with van der Waals surface area (Å²) in [4.78, 5) is 13.5. The van der Waals surface area contributed by atoms with Crippen molar-refractivity contribution in [1.29, 1.82) is 0 Å². The molecule has 2 aromatic carbocycles. The molecule has 0 radical (unpaired) electrons. The largest absolute Gasteiger partial charge is 0.490 e. The zero-order valence-electron chi connectivity index (χ0n) is 14.1. The summed E-state index contributed by atoms with van der Waals surface area (Å²) >= 11 is 0. The molecule has 0 aliphatic carbocycles. The molecule has 0 aromatic heterocycles. The molecule has 0 N–H and O–H groups in total. The Kier molecular flexibility index (Phi) is 5.63. The fourth-order valence-electron chi connectivity index (χ4n) is 2.31. The summed E-state index contributed by atoms with van der Waals surface area (Å²) in [6.45, 7) is 4.97. The van der Waals surface area contributed by atoms with Gasteiger partial charge in [-0.3, -0.25) is 4.79 Å². The number of nitrogens with zero attached hydrogens (tertiary/aromatic N) is 1. The smallest absolute Gasteiger partial charge is 0.253 e. The molecule has 0 spiro atoms. The highest BCUT2D eigenvalue weighted by Gasteiger charge is 2.08. The van der Waals surface area contributed by atoms with Crippen LogP contribution < -0.4 is 9.47 Å². The molecule has 0 heterocycles. The Bertz CT molecular complexity index is 660. The van der Waals surface area contributed by atoms with Gasteiger partial charge in [-0.25, -0.2) is 0 Å². The predicted molar refractivity (Wildman–Crippen MR) is 91.4 cm³/mol. The zero-order valence-corrected chi connectivity index (χ0v) is 14.1. The first kappa shape index (κ1) is 16.9. The minimum Gasteiger partial charge on any atom is -0.490 e. The first-order chi connectivity index (χ1) is 11.0. The Morgan fingerprint density at radius 3 is 2.13 bits per heavy atom. The summed E-state index contributed by atoms with van der Waals surface area (Å²) in [6, 6.07) is 13.3. The van der Waals surface area contributed by atoms with Crippen LogP contribution in [0.5, 0.6) is 11.5 Å². The van der Waals surface area contributed by atoms with Crippen LogP contribution in [-0.2, 0) is 0 Å². The lowest BCUT2D eigenvalue weighted by Crippen LogP contribution is -2.21. The fourth-order valence-corrected chi connectivity index (χ4v) is 2.31. The first-order valence-corrected chi connectivity index (χ1v) is 7.61. The van der Waals surface area contributed by atoms with E-state index in [4.69, 9.17) is 9.47 Å². The molecule has 2 aromatic rings. The molecule has 0 aliphatic rings. The Morgan fingerprint density at radius 2 is 1.52 bits per heavy atom. The minimum atomic E-state index is -0.0399. The Balaban J connectivity index is 1.87. The molecule has 0 aliphatic heterocycles. The van der Waals surface area contributed by atoms with E-state index in [2.05, 4.69) is 6.07 Å². The second kappa shape index (κ2) is 7.68. The second-order valence-corrected chi connectivity index (χ2v) is 5.75. The predicted octanol–water partition coefficient (Wildman–Crippen LogP) is 3.46. The number of amides is 1. The van der Waals surface area contributed by atoms with Crippen molar-refractivity contribution in [2.75, 3.05) is 27.3 Å². The highest BCUT2D eigenvalue weighted by atomic mass is 16.5. The standard InChI is InChI=1S/C19H23NO3/c1-14-10-15(2)12-18(11-14)23-9-8-22-17-7-5-6-16(13-17)19(21)20(3)4/h5-7,10-13H,8-9H2,1-4H3. The molecular weight excluding hydrogens is 290 g/mol. The SMILES string of the molecule is Cc1cc(C)cc(OCCOc2cccc(C(=O)N(C)C)c2)c1. The topological polar surface area (TPSA) is 38.8 Å². The maximum atomic E-state index is 11.9. The summed E-state index contributed by atoms with van der Waals surface area (Å²) in [6.07, 6.45) is 0. The molecule has 0 atom stereocenters. The average molecular weight is 313 g/mol. The van der Waals surface area contributed by atoms with Gasteiger partial charge >= 0.3 is 0 Å². The molecule has 0 saturated carbocycles. The van der Waals surface area contributed by atoms with Crippen LogP contribution in [0, 0.1) is 13.8 Å². The van der Waals surface area contributed by atoms with Gasteiger partial charge in [-0.2, -0.15) is 0 Å². The van der Waals surface area contributed by atoms with Crippen molar-refractivity contribution in [2.24, 2.45) is 0 Å². The fraction of sp³-hybridized carbons (Fsp3) is 0.316. The van der Waals surface area contributed by atoms with E-state index in [1.54, 1.807) is 31.1 Å². The van der Waals surface area contributed by atoms with Crippen LogP contribution in [0.25, 0.3) is 0 Å². The monoisotopic (exact) mass is 313 g/mol. The Morgan fingerprint density at radius 1 is 0.913 bits per heavy atom. The number of hydrogen-bond acceptors (Lipinski definition) is 3. The summed E-state index contributed by atoms with van der Waals surface area (Å²) < 4.78 is 11.4. The van der Waals surface area contributed by atoms with Gasteiger partial charge < -0.3 is 14.4 Å². The zero-order chi connectivity index (χ0) is 16.8. The third-order valence-corrected chi connectivity index (χ3v) is 3.30. The summed E-state index contributed by atoms with van der Waals surface area (Å²) in [5, 5.41) is 0. The lowest BCUT2D eigenvalue weighted by atomic mass is 10.1. The van der Waals surface area contributed by atoms with Crippen molar-refractivity contribution in [1.82, 2.24) is 4.90 Å². The second-order valence-electron chi connectivity index (χ2n) is 5.75. The van der Waals surface area contributed by atoms with Crippen LogP contribution in [0.15, 0.2) is 42.5 Å². The lowest BCUT2D eigenvalue weighted by Gasteiger charge is -2.12. The van der Waals surface area contributed by atoms with Crippen molar-refractivity contribution in [3.8, 4) is 11.5 Å². The van der Waals surface area contributed by atoms with Crippen LogP contribution >= 0.6 is 0 Å². The summed E-state index contributed by atoms with van der Waals surface area (Å²) in [5.41, 5.74) is 2.97. The van der Waals surface area contributed by atoms with Crippen LogP contribution in [0.3, 0.4) is 0 Å². The van der Waals surface area contributed by atoms with Crippen molar-refractivity contribution < 1.29 is 14.3 Å². The lowest BCUT2D eigenvalue weighted by molar-refractivity contribution is 0.0827. The van der Waals surface area contributed by atoms with E-state index < -0.39 is 0 Å². The van der Waals surface area contributed by atoms with Crippen molar-refractivity contribution in [2.45, 2.75) is 13.8 Å². The van der Waals surface area contributed by atoms with Gasteiger partial charge in [-0.1, -0.05) is 12.1 Å². The Labute approximate surface area is 137 Å². The van der Waals surface area contributed by atoms with Crippen molar-refractivity contribution in [3.05, 3.63) is 59.2 Å². The average Bonchev–Trinajstić information content (AvgIpc) is 2.50. The first-order valence-electron chi connectivity index (χ1n) is 7.61. The van der Waals surface area contributed by atoms with E-state index in [1.807, 2.05) is 38.1 Å². The van der Waals surface area contributed by atoms with Crippen LogP contribution in [0.2, 0.25) is 0 Å². The van der Waals surface area contributed by atoms with Gasteiger partial charge in [0.25, 0.3) is 5.91 Å². The minimum absolute atomic E-state index is 0.0399. The van der Waals surface area contributed by atoms with Crippen molar-refractivity contribution in [3.63, 3.8) is 0 Å². The van der Waals surface area contributed by atoms with E-state index in [9.17, 15) is 4.79 Å². The molecule has 0 fully saturated rings. The maximum absolute atomic E-state index is 11.9. The number of rotatable bonds is 6. The molecular formula is C19H23NO3. The number of carbonyl (C=O) groups is 1. The molecule has 4 nitrogen and oxygen atoms in total. The highest BCUT2D eigenvalue weighted by Crippen LogP contribution is 2.17. The number of aryl methyl sites for hydroxylation is 2. The molecule has 2 rings (SSSR count). The van der Waals surface area contributed by atoms with E-state index >= 15 is 0 Å². The van der Waals surface area contributed by atoms with Crippen molar-refractivity contribution >= 4 is 5.91 Å². The van der Waals surface area contributed by atoms with Crippen LogP contribution in [0.1, 0.15) is 21.5 Å². The molecule has 1 amide bonds. The molecule has 0 bridgehead atoms. The van der Waals surface area contributed by atoms with Crippen LogP contribution in [-0.4, -0.2) is 38.1 Å². The van der Waals surface area contributed by atoms with Crippen LogP contribution in [0.4, 0.5) is 0 Å². The van der Waals surface area contributed by atoms with Gasteiger partial charge in [0, 0.05) is 19.7 Å². The number of benzene rings is 2. The molecule has 0 saturated heterocycles. The van der Waals surface area contributed by atoms with Gasteiger partial charge in [0.1, 0.15) is 24.7 Å². The molecule has 4 heteroatoms. The molecule has 0 unspecified atom stereocenters. The number of hydrogen-bond donors (Lipinski definition) is 0. The highest BCUT2D eigenvalue weighted by molar-refractivity contribution is 5.94. The van der Waals surface area contributed by atoms with Gasteiger partial charge in [0.2, 0.25) is 0 Å². The third kappa shape index (κ3) is 5.02. The molecule has 122 valence electrons. The molecule has 23 heavy (non-hydrogen) atoms. The number of ether oxygens (including phenoxy) is 2. The quantitative estimate of drug-likeness (QED) is 0.767. The normalized spacial score (nSPS) is 10.3. The van der Waals surface area contributed by atoms with E-state index in [0.717, 1.165) is 5.75 Å². The maximum Gasteiger partial charge on any atom is 0.253 e. The summed E-state index contributed by atoms with van der Waals surface area (Å²) in [7, 11) is 3.46. The van der Waals surface area contributed by atoms with Gasteiger partial charge in [0.15, 0.2) is 0 Å².